The van der Waals surface area contributed by atoms with Crippen LogP contribution < -0.4 is 10.0 Å². The molecule has 0 atom stereocenters. The van der Waals surface area contributed by atoms with E-state index in [-0.39, 0.29) is 10.8 Å². The lowest BCUT2D eigenvalue weighted by molar-refractivity contribution is -0.118. The second-order valence-electron chi connectivity index (χ2n) is 5.72. The first-order valence-electron chi connectivity index (χ1n) is 7.56. The minimum atomic E-state index is -3.78. The zero-order valence-corrected chi connectivity index (χ0v) is 15.3. The fourth-order valence-corrected chi connectivity index (χ4v) is 3.89. The average molecular weight is 409 g/mol. The third-order valence-corrected chi connectivity index (χ3v) is 5.83. The lowest BCUT2D eigenvalue weighted by Gasteiger charge is -2.18. The van der Waals surface area contributed by atoms with Gasteiger partial charge < -0.3 is 4.90 Å². The SMILES string of the molecule is NS(=O)(=O)c1ccc2c(c1)N(C(=O)CCc1ccccc1Br)CC2. The Hall–Kier alpha value is -1.70. The second kappa shape index (κ2) is 6.66. The standard InChI is InChI=1S/C17H17BrN2O3S/c18-15-4-2-1-3-12(15)6-8-17(21)20-10-9-13-5-7-14(11-16(13)20)24(19,22)23/h1-5,7,11H,6,8-10H2,(H2,19,22,23). The first-order chi connectivity index (χ1) is 11.4. The molecule has 126 valence electrons. The summed E-state index contributed by atoms with van der Waals surface area (Å²) in [5.74, 6) is -0.0175. The Morgan fingerprint density at radius 3 is 2.67 bits per heavy atom. The van der Waals surface area contributed by atoms with Crippen molar-refractivity contribution in [2.24, 2.45) is 5.14 Å². The monoisotopic (exact) mass is 408 g/mol. The summed E-state index contributed by atoms with van der Waals surface area (Å²) in [5, 5.41) is 5.19. The predicted molar refractivity (Wildman–Crippen MR) is 96.3 cm³/mol. The van der Waals surface area contributed by atoms with Crippen LogP contribution in [0.2, 0.25) is 0 Å². The van der Waals surface area contributed by atoms with Crippen LogP contribution in [0.4, 0.5) is 5.69 Å². The highest BCUT2D eigenvalue weighted by atomic mass is 79.9. The van der Waals surface area contributed by atoms with Crippen LogP contribution in [0.15, 0.2) is 51.8 Å². The maximum absolute atomic E-state index is 12.6. The molecule has 2 aromatic rings. The summed E-state index contributed by atoms with van der Waals surface area (Å²) in [6, 6.07) is 12.5. The van der Waals surface area contributed by atoms with Gasteiger partial charge in [-0.3, -0.25) is 4.79 Å². The number of nitrogens with zero attached hydrogens (tertiary/aromatic N) is 1. The molecule has 0 unspecified atom stereocenters. The number of aryl methyl sites for hydroxylation is 1. The smallest absolute Gasteiger partial charge is 0.238 e. The van der Waals surface area contributed by atoms with E-state index in [0.717, 1.165) is 22.0 Å². The Morgan fingerprint density at radius 2 is 1.96 bits per heavy atom. The number of sulfonamides is 1. The molecule has 0 bridgehead atoms. The third-order valence-electron chi connectivity index (χ3n) is 4.15. The van der Waals surface area contributed by atoms with Crippen LogP contribution in [0.25, 0.3) is 0 Å². The first-order valence-corrected chi connectivity index (χ1v) is 9.90. The van der Waals surface area contributed by atoms with Gasteiger partial charge in [0.15, 0.2) is 0 Å². The molecule has 1 amide bonds. The largest absolute Gasteiger partial charge is 0.312 e. The van der Waals surface area contributed by atoms with Crippen LogP contribution in [0, 0.1) is 0 Å². The molecule has 0 fully saturated rings. The Balaban J connectivity index is 1.78. The first kappa shape index (κ1) is 17.1. The van der Waals surface area contributed by atoms with Crippen molar-refractivity contribution in [2.45, 2.75) is 24.2 Å². The number of anilines is 1. The molecule has 2 N–H and O–H groups in total. The molecule has 1 aliphatic rings. The quantitative estimate of drug-likeness (QED) is 0.843. The van der Waals surface area contributed by atoms with Crippen LogP contribution in [0.3, 0.4) is 0 Å². The van der Waals surface area contributed by atoms with Crippen molar-refractivity contribution in [1.82, 2.24) is 0 Å². The molecule has 24 heavy (non-hydrogen) atoms. The van der Waals surface area contributed by atoms with Crippen LogP contribution in [0.1, 0.15) is 17.5 Å². The van der Waals surface area contributed by atoms with E-state index in [9.17, 15) is 13.2 Å². The Labute approximate surface area is 149 Å². The minimum absolute atomic E-state index is 0.0175. The molecule has 5 nitrogen and oxygen atoms in total. The van der Waals surface area contributed by atoms with Gasteiger partial charge >= 0.3 is 0 Å². The van der Waals surface area contributed by atoms with E-state index in [1.54, 1.807) is 11.0 Å². The van der Waals surface area contributed by atoms with Gasteiger partial charge in [0.1, 0.15) is 0 Å². The molecule has 0 radical (unpaired) electrons. The van der Waals surface area contributed by atoms with E-state index >= 15 is 0 Å². The number of hydrogen-bond acceptors (Lipinski definition) is 3. The molecule has 3 rings (SSSR count). The summed E-state index contributed by atoms with van der Waals surface area (Å²) in [6.07, 6.45) is 1.71. The maximum atomic E-state index is 12.6. The number of amides is 1. The summed E-state index contributed by atoms with van der Waals surface area (Å²) in [5.41, 5.74) is 2.69. The molecule has 1 aliphatic heterocycles. The molecule has 7 heteroatoms. The second-order valence-corrected chi connectivity index (χ2v) is 8.14. The normalized spacial score (nSPS) is 13.8. The molecular formula is C17H17BrN2O3S. The Kier molecular flexibility index (Phi) is 4.76. The minimum Gasteiger partial charge on any atom is -0.312 e. The van der Waals surface area contributed by atoms with Gasteiger partial charge in [-0.1, -0.05) is 40.2 Å². The van der Waals surface area contributed by atoms with E-state index < -0.39 is 10.0 Å². The summed E-state index contributed by atoms with van der Waals surface area (Å²) in [6.45, 7) is 0.568. The zero-order valence-electron chi connectivity index (χ0n) is 12.9. The number of primary sulfonamides is 1. The molecular weight excluding hydrogens is 392 g/mol. The summed E-state index contributed by atoms with van der Waals surface area (Å²) in [7, 11) is -3.78. The predicted octanol–water partition coefficient (Wildman–Crippen LogP) is 2.62. The number of halogens is 1. The highest BCUT2D eigenvalue weighted by Gasteiger charge is 2.26. The number of fused-ring (bicyclic) bond motifs is 1. The summed E-state index contributed by atoms with van der Waals surface area (Å²) in [4.78, 5) is 14.3. The van der Waals surface area contributed by atoms with Crippen molar-refractivity contribution in [2.75, 3.05) is 11.4 Å². The third kappa shape index (κ3) is 3.53. The van der Waals surface area contributed by atoms with E-state index in [0.29, 0.717) is 25.1 Å². The number of hydrogen-bond donors (Lipinski definition) is 1. The van der Waals surface area contributed by atoms with Gasteiger partial charge in [0, 0.05) is 23.1 Å². The summed E-state index contributed by atoms with van der Waals surface area (Å²) < 4.78 is 24.0. The van der Waals surface area contributed by atoms with Crippen LogP contribution in [-0.2, 0) is 27.7 Å². The highest BCUT2D eigenvalue weighted by molar-refractivity contribution is 9.10. The lowest BCUT2D eigenvalue weighted by atomic mass is 10.1. The number of carbonyl (C=O) groups is 1. The fraction of sp³-hybridized carbons (Fsp3) is 0.235. The van der Waals surface area contributed by atoms with Crippen molar-refractivity contribution in [3.63, 3.8) is 0 Å². The van der Waals surface area contributed by atoms with Gasteiger partial charge in [-0.2, -0.15) is 0 Å². The van der Waals surface area contributed by atoms with Crippen molar-refractivity contribution in [3.05, 3.63) is 58.1 Å². The number of rotatable bonds is 4. The van der Waals surface area contributed by atoms with Gasteiger partial charge in [-0.25, -0.2) is 13.6 Å². The van der Waals surface area contributed by atoms with Gasteiger partial charge in [0.25, 0.3) is 0 Å². The molecule has 0 saturated heterocycles. The van der Waals surface area contributed by atoms with Crippen molar-refractivity contribution in [3.8, 4) is 0 Å². The van der Waals surface area contributed by atoms with Crippen molar-refractivity contribution < 1.29 is 13.2 Å². The van der Waals surface area contributed by atoms with E-state index in [1.807, 2.05) is 24.3 Å². The number of nitrogens with two attached hydrogens (primary N) is 1. The van der Waals surface area contributed by atoms with Crippen molar-refractivity contribution >= 4 is 37.5 Å². The van der Waals surface area contributed by atoms with Gasteiger partial charge in [0.05, 0.1) is 4.90 Å². The molecule has 0 aliphatic carbocycles. The fourth-order valence-electron chi connectivity index (χ4n) is 2.87. The topological polar surface area (TPSA) is 80.5 Å². The average Bonchev–Trinajstić information content (AvgIpc) is 2.96. The number of carbonyl (C=O) groups excluding carboxylic acids is 1. The summed E-state index contributed by atoms with van der Waals surface area (Å²) >= 11 is 3.48. The van der Waals surface area contributed by atoms with Gasteiger partial charge in [0.2, 0.25) is 15.9 Å². The van der Waals surface area contributed by atoms with Crippen LogP contribution in [-0.4, -0.2) is 20.9 Å². The van der Waals surface area contributed by atoms with Gasteiger partial charge in [-0.05, 0) is 42.2 Å². The zero-order chi connectivity index (χ0) is 17.3. The van der Waals surface area contributed by atoms with Crippen LogP contribution in [0.5, 0.6) is 0 Å². The molecule has 0 spiro atoms. The van der Waals surface area contributed by atoms with E-state index in [1.165, 1.54) is 12.1 Å². The van der Waals surface area contributed by atoms with Gasteiger partial charge in [-0.15, -0.1) is 0 Å². The van der Waals surface area contributed by atoms with Crippen molar-refractivity contribution in [1.29, 1.82) is 0 Å². The van der Waals surface area contributed by atoms with E-state index in [4.69, 9.17) is 5.14 Å². The maximum Gasteiger partial charge on any atom is 0.238 e. The van der Waals surface area contributed by atoms with Crippen LogP contribution >= 0.6 is 15.9 Å². The molecule has 1 heterocycles. The Morgan fingerprint density at radius 1 is 1.21 bits per heavy atom. The highest BCUT2D eigenvalue weighted by Crippen LogP contribution is 2.31. The Bertz CT molecular complexity index is 896. The number of benzene rings is 2. The van der Waals surface area contributed by atoms with E-state index in [2.05, 4.69) is 15.9 Å². The molecule has 2 aromatic carbocycles. The lowest BCUT2D eigenvalue weighted by Crippen LogP contribution is -2.29. The molecule has 0 saturated carbocycles. The molecule has 0 aromatic heterocycles.